The van der Waals surface area contributed by atoms with E-state index in [-0.39, 0.29) is 0 Å². The number of hydrogen-bond acceptors (Lipinski definition) is 16. The van der Waals surface area contributed by atoms with Gasteiger partial charge < -0.3 is 79.9 Å². The molecule has 2 saturated heterocycles. The topological polar surface area (TPSA) is 320 Å². The van der Waals surface area contributed by atoms with Gasteiger partial charge in [-0.15, -0.1) is 0 Å². The van der Waals surface area contributed by atoms with Gasteiger partial charge in [0, 0.05) is 0 Å². The molecule has 0 radical (unpaired) electrons. The number of ether oxygens (including phenoxy) is 5. The van der Waals surface area contributed by atoms with E-state index in [1.165, 1.54) is 0 Å². The first-order chi connectivity index (χ1) is 17.2. The number of aliphatic hydroxyl groups is 8. The number of rotatable bonds is 7. The van der Waals surface area contributed by atoms with Crippen LogP contribution in [0.2, 0.25) is 0 Å². The van der Waals surface area contributed by atoms with Crippen molar-refractivity contribution in [3.05, 3.63) is 11.5 Å². The number of aliphatic hydroxyl groups excluding tert-OH is 8. The average molecular weight is 544 g/mol. The van der Waals surface area contributed by atoms with Gasteiger partial charge in [-0.25, -0.2) is 14.4 Å². The van der Waals surface area contributed by atoms with Crippen LogP contribution in [0.25, 0.3) is 0 Å². The Morgan fingerprint density at radius 2 is 1.14 bits per heavy atom. The summed E-state index contributed by atoms with van der Waals surface area (Å²) >= 11 is 0. The molecule has 19 heteroatoms. The summed E-state index contributed by atoms with van der Waals surface area (Å²) in [5.74, 6) is -8.15. The Balaban J connectivity index is 1.82. The lowest BCUT2D eigenvalue weighted by atomic mass is 9.96. The van der Waals surface area contributed by atoms with Crippen LogP contribution in [0.3, 0.4) is 0 Å². The highest BCUT2D eigenvalue weighted by Gasteiger charge is 2.55. The fourth-order valence-electron chi connectivity index (χ4n) is 3.77. The minimum atomic E-state index is -2.30. The highest BCUT2D eigenvalue weighted by molar-refractivity contribution is 5.85. The second-order valence-corrected chi connectivity index (χ2v) is 8.15. The number of aliphatic carboxylic acids is 3. The Kier molecular flexibility index (Phi) is 8.56. The van der Waals surface area contributed by atoms with E-state index in [0.29, 0.717) is 0 Å². The molecule has 3 heterocycles. The van der Waals surface area contributed by atoms with Crippen LogP contribution in [0.15, 0.2) is 11.5 Å². The Morgan fingerprint density at radius 1 is 0.649 bits per heavy atom. The third kappa shape index (κ3) is 5.46. The molecule has 0 amide bonds. The molecule has 0 spiro atoms. The van der Waals surface area contributed by atoms with Crippen LogP contribution in [-0.2, 0) is 38.1 Å². The second-order valence-electron chi connectivity index (χ2n) is 8.15. The van der Waals surface area contributed by atoms with Gasteiger partial charge in [0.2, 0.25) is 12.0 Å². The van der Waals surface area contributed by atoms with E-state index in [2.05, 4.69) is 4.74 Å². The summed E-state index contributed by atoms with van der Waals surface area (Å²) in [6, 6.07) is 0. The molecule has 3 aliphatic rings. The van der Waals surface area contributed by atoms with Crippen LogP contribution in [0, 0.1) is 0 Å². The van der Waals surface area contributed by atoms with Crippen molar-refractivity contribution in [2.24, 2.45) is 0 Å². The van der Waals surface area contributed by atoms with Gasteiger partial charge >= 0.3 is 17.9 Å². The summed E-state index contributed by atoms with van der Waals surface area (Å²) in [6.45, 7) is 0. The molecule has 37 heavy (non-hydrogen) atoms. The normalized spacial score (nSPS) is 44.7. The van der Waals surface area contributed by atoms with Crippen molar-refractivity contribution in [2.75, 3.05) is 0 Å². The van der Waals surface area contributed by atoms with Crippen LogP contribution >= 0.6 is 0 Å². The molecule has 0 aliphatic carbocycles. The SMILES string of the molecule is O=C(O)C1=C(O)[C@H](O)[C@H](O)[C@H](O[C@H]2[C@H](O)[C@H](O)[C@H](O[C@H]3[C@H](O)[C@H](O)[C@H](O)O[C@H]3C(=O)O)O[C@H]2C(=O)O)O1. The van der Waals surface area contributed by atoms with Crippen molar-refractivity contribution in [1.29, 1.82) is 0 Å². The standard InChI is InChI=1S/C18H24O19/c19-1-2(20)10(13(26)27)36-17(6(1)24)35-9-4(22)7(25)18(37-12(9)15(30)31)34-8-3(21)5(23)16(32)33-11(8)14(28)29/h1,3-9,11-12,16-25,32H,(H,26,27)(H,28,29)(H,30,31)/t1-,3+,4+,5-,6-,7-,8-,9-,11+,12+,16+,17+,18+/m0/s1. The molecule has 0 bridgehead atoms. The molecular weight excluding hydrogens is 520 g/mol. The minimum Gasteiger partial charge on any atom is -0.506 e. The summed E-state index contributed by atoms with van der Waals surface area (Å²) in [6.07, 6.45) is -28.6. The fourth-order valence-corrected chi connectivity index (χ4v) is 3.77. The largest absolute Gasteiger partial charge is 0.506 e. The summed E-state index contributed by atoms with van der Waals surface area (Å²) in [7, 11) is 0. The maximum Gasteiger partial charge on any atom is 0.375 e. The molecule has 0 aromatic rings. The van der Waals surface area contributed by atoms with Gasteiger partial charge in [-0.2, -0.15) is 0 Å². The average Bonchev–Trinajstić information content (AvgIpc) is 2.82. The number of carboxylic acids is 3. The molecule has 0 unspecified atom stereocenters. The second kappa shape index (κ2) is 11.0. The molecule has 0 saturated carbocycles. The van der Waals surface area contributed by atoms with Crippen molar-refractivity contribution < 1.29 is 94.2 Å². The quantitative estimate of drug-likeness (QED) is 0.142. The molecule has 19 nitrogen and oxygen atoms in total. The van der Waals surface area contributed by atoms with Gasteiger partial charge in [0.05, 0.1) is 0 Å². The predicted molar refractivity (Wildman–Crippen MR) is 103 cm³/mol. The van der Waals surface area contributed by atoms with E-state index in [0.717, 1.165) is 0 Å². The molecule has 3 rings (SSSR count). The molecular formula is C18H24O19. The van der Waals surface area contributed by atoms with Gasteiger partial charge in [0.1, 0.15) is 48.8 Å². The van der Waals surface area contributed by atoms with E-state index in [4.69, 9.17) is 24.1 Å². The fraction of sp³-hybridized carbons (Fsp3) is 0.722. The van der Waals surface area contributed by atoms with Crippen molar-refractivity contribution >= 4 is 17.9 Å². The van der Waals surface area contributed by atoms with E-state index in [1.54, 1.807) is 0 Å². The third-order valence-corrected chi connectivity index (χ3v) is 5.72. The summed E-state index contributed by atoms with van der Waals surface area (Å²) in [5, 5.41) is 108. The van der Waals surface area contributed by atoms with Crippen LogP contribution in [0.1, 0.15) is 0 Å². The van der Waals surface area contributed by atoms with E-state index < -0.39 is 109 Å². The maximum atomic E-state index is 11.8. The lowest BCUT2D eigenvalue weighted by Gasteiger charge is -2.45. The number of carboxylic acid groups (broad SMARTS) is 3. The Morgan fingerprint density at radius 3 is 1.65 bits per heavy atom. The predicted octanol–water partition coefficient (Wildman–Crippen LogP) is -6.26. The highest BCUT2D eigenvalue weighted by Crippen LogP contribution is 2.32. The van der Waals surface area contributed by atoms with Crippen LogP contribution in [0.4, 0.5) is 0 Å². The molecule has 11 N–H and O–H groups in total. The van der Waals surface area contributed by atoms with E-state index in [9.17, 15) is 65.4 Å². The zero-order valence-corrected chi connectivity index (χ0v) is 18.2. The van der Waals surface area contributed by atoms with E-state index >= 15 is 0 Å². The van der Waals surface area contributed by atoms with Crippen molar-refractivity contribution in [3.63, 3.8) is 0 Å². The first-order valence-corrected chi connectivity index (χ1v) is 10.3. The summed E-state index contributed by atoms with van der Waals surface area (Å²) in [5.41, 5.74) is 0. The van der Waals surface area contributed by atoms with Gasteiger partial charge in [0.25, 0.3) is 0 Å². The summed E-state index contributed by atoms with van der Waals surface area (Å²) in [4.78, 5) is 34.5. The van der Waals surface area contributed by atoms with Crippen LogP contribution in [-0.4, -0.2) is 154 Å². The third-order valence-electron chi connectivity index (χ3n) is 5.72. The Hall–Kier alpha value is -2.69. The highest BCUT2D eigenvalue weighted by atomic mass is 16.8. The lowest BCUT2D eigenvalue weighted by Crippen LogP contribution is -2.66. The van der Waals surface area contributed by atoms with Crippen molar-refractivity contribution in [1.82, 2.24) is 0 Å². The van der Waals surface area contributed by atoms with Gasteiger partial charge in [0.15, 0.2) is 30.5 Å². The van der Waals surface area contributed by atoms with Crippen molar-refractivity contribution in [2.45, 2.75) is 79.9 Å². The monoisotopic (exact) mass is 544 g/mol. The van der Waals surface area contributed by atoms with Crippen LogP contribution in [0.5, 0.6) is 0 Å². The van der Waals surface area contributed by atoms with Crippen LogP contribution < -0.4 is 0 Å². The first kappa shape index (κ1) is 28.9. The Bertz CT molecular complexity index is 921. The number of hydrogen-bond donors (Lipinski definition) is 11. The maximum absolute atomic E-state index is 11.8. The zero-order valence-electron chi connectivity index (χ0n) is 18.2. The van der Waals surface area contributed by atoms with Gasteiger partial charge in [-0.05, 0) is 0 Å². The van der Waals surface area contributed by atoms with Gasteiger partial charge in [-0.1, -0.05) is 0 Å². The van der Waals surface area contributed by atoms with E-state index in [1.807, 2.05) is 0 Å². The molecule has 210 valence electrons. The Labute approximate surface area is 204 Å². The summed E-state index contributed by atoms with van der Waals surface area (Å²) < 4.78 is 24.6. The smallest absolute Gasteiger partial charge is 0.375 e. The number of carbonyl (C=O) groups is 3. The molecule has 0 aromatic carbocycles. The molecule has 13 atom stereocenters. The molecule has 2 fully saturated rings. The minimum absolute atomic E-state index is 1.27. The zero-order chi connectivity index (χ0) is 27.9. The molecule has 3 aliphatic heterocycles. The first-order valence-electron chi connectivity index (χ1n) is 10.3. The lowest BCUT2D eigenvalue weighted by molar-refractivity contribution is -0.359. The van der Waals surface area contributed by atoms with Crippen molar-refractivity contribution in [3.8, 4) is 0 Å². The van der Waals surface area contributed by atoms with Gasteiger partial charge in [-0.3, -0.25) is 0 Å². The molecule has 0 aromatic heterocycles.